The number of carbonyl (C=O) groups excluding carboxylic acids is 2. The fourth-order valence-electron chi connectivity index (χ4n) is 3.15. The van der Waals surface area contributed by atoms with Gasteiger partial charge in [0.05, 0.1) is 5.69 Å². The monoisotopic (exact) mass is 302 g/mol. The standard InChI is InChI=1S/C17H22N2O3/c1-10-17(21)19-14-9-12(4-7-16(14)22-10)15(20)8-11-2-5-13(18)6-3-11/h4,7,9-11,13H,2-3,5-6,8,18H2,1H3,(H,19,21). The maximum atomic E-state index is 12.4. The third kappa shape index (κ3) is 3.14. The van der Waals surface area contributed by atoms with Gasteiger partial charge in [0, 0.05) is 18.0 Å². The lowest BCUT2D eigenvalue weighted by molar-refractivity contribution is -0.122. The van der Waals surface area contributed by atoms with Gasteiger partial charge in [-0.25, -0.2) is 0 Å². The van der Waals surface area contributed by atoms with Crippen LogP contribution in [-0.4, -0.2) is 23.8 Å². The molecule has 1 fully saturated rings. The lowest BCUT2D eigenvalue weighted by Gasteiger charge is -2.26. The second-order valence-electron chi connectivity index (χ2n) is 6.37. The van der Waals surface area contributed by atoms with Crippen molar-refractivity contribution >= 4 is 17.4 Å². The number of Topliss-reactive ketones (excluding diaryl/α,β-unsaturated/α-hetero) is 1. The fraction of sp³-hybridized carbons (Fsp3) is 0.529. The molecule has 0 saturated heterocycles. The molecule has 1 aliphatic heterocycles. The van der Waals surface area contributed by atoms with Crippen molar-refractivity contribution in [3.63, 3.8) is 0 Å². The molecule has 1 aromatic rings. The van der Waals surface area contributed by atoms with Crippen molar-refractivity contribution in [1.29, 1.82) is 0 Å². The van der Waals surface area contributed by atoms with Gasteiger partial charge in [0.1, 0.15) is 5.75 Å². The van der Waals surface area contributed by atoms with Crippen molar-refractivity contribution in [3.8, 4) is 5.75 Å². The van der Waals surface area contributed by atoms with Crippen LogP contribution >= 0.6 is 0 Å². The van der Waals surface area contributed by atoms with Gasteiger partial charge in [-0.1, -0.05) is 0 Å². The number of nitrogens with two attached hydrogens (primary N) is 1. The van der Waals surface area contributed by atoms with Crippen LogP contribution in [0.1, 0.15) is 49.4 Å². The molecule has 1 aliphatic carbocycles. The molecule has 5 heteroatoms. The molecule has 2 aliphatic rings. The fourth-order valence-corrected chi connectivity index (χ4v) is 3.15. The Kier molecular flexibility index (Phi) is 4.16. The van der Waals surface area contributed by atoms with Gasteiger partial charge < -0.3 is 15.8 Å². The highest BCUT2D eigenvalue weighted by Crippen LogP contribution is 2.32. The maximum absolute atomic E-state index is 12.4. The predicted molar refractivity (Wildman–Crippen MR) is 84.0 cm³/mol. The minimum absolute atomic E-state index is 0.121. The zero-order valence-electron chi connectivity index (χ0n) is 12.8. The molecule has 0 spiro atoms. The van der Waals surface area contributed by atoms with Crippen LogP contribution in [0.15, 0.2) is 18.2 Å². The van der Waals surface area contributed by atoms with Crippen LogP contribution in [0.2, 0.25) is 0 Å². The highest BCUT2D eigenvalue weighted by Gasteiger charge is 2.25. The number of benzene rings is 1. The number of amides is 1. The van der Waals surface area contributed by atoms with Gasteiger partial charge in [-0.05, 0) is 56.7 Å². The molecule has 22 heavy (non-hydrogen) atoms. The van der Waals surface area contributed by atoms with E-state index in [9.17, 15) is 9.59 Å². The normalized spacial score (nSPS) is 27.5. The number of hydrogen-bond donors (Lipinski definition) is 2. The Labute approximate surface area is 130 Å². The second kappa shape index (κ2) is 6.08. The molecular formula is C17H22N2O3. The number of ketones is 1. The van der Waals surface area contributed by atoms with Gasteiger partial charge in [-0.2, -0.15) is 0 Å². The largest absolute Gasteiger partial charge is 0.479 e. The topological polar surface area (TPSA) is 81.4 Å². The first kappa shape index (κ1) is 15.0. The molecule has 1 unspecified atom stereocenters. The summed E-state index contributed by atoms with van der Waals surface area (Å²) in [5.74, 6) is 0.982. The molecule has 1 aromatic carbocycles. The summed E-state index contributed by atoms with van der Waals surface area (Å²) in [6.07, 6.45) is 4.11. The van der Waals surface area contributed by atoms with Crippen molar-refractivity contribution < 1.29 is 14.3 Å². The first-order valence-electron chi connectivity index (χ1n) is 7.93. The van der Waals surface area contributed by atoms with Gasteiger partial charge in [0.25, 0.3) is 5.91 Å². The summed E-state index contributed by atoms with van der Waals surface area (Å²) in [5.41, 5.74) is 7.11. The Bertz CT molecular complexity index is 592. The smallest absolute Gasteiger partial charge is 0.265 e. The van der Waals surface area contributed by atoms with Crippen molar-refractivity contribution in [2.24, 2.45) is 11.7 Å². The van der Waals surface area contributed by atoms with Gasteiger partial charge in [-0.3, -0.25) is 9.59 Å². The van der Waals surface area contributed by atoms with Gasteiger partial charge >= 0.3 is 0 Å². The molecule has 118 valence electrons. The van der Waals surface area contributed by atoms with E-state index < -0.39 is 6.10 Å². The Hall–Kier alpha value is -1.88. The van der Waals surface area contributed by atoms with Crippen molar-refractivity contribution in [1.82, 2.24) is 0 Å². The molecule has 3 N–H and O–H groups in total. The molecule has 0 radical (unpaired) electrons. The molecule has 0 bridgehead atoms. The Morgan fingerprint density at radius 2 is 2.05 bits per heavy atom. The van der Waals surface area contributed by atoms with Crippen molar-refractivity contribution in [2.75, 3.05) is 5.32 Å². The van der Waals surface area contributed by atoms with Gasteiger partial charge in [0.15, 0.2) is 11.9 Å². The maximum Gasteiger partial charge on any atom is 0.265 e. The number of anilines is 1. The summed E-state index contributed by atoms with van der Waals surface area (Å²) in [6.45, 7) is 1.70. The van der Waals surface area contributed by atoms with Gasteiger partial charge in [0.2, 0.25) is 0 Å². The molecule has 1 saturated carbocycles. The van der Waals surface area contributed by atoms with Crippen LogP contribution in [-0.2, 0) is 4.79 Å². The molecule has 5 nitrogen and oxygen atoms in total. The highest BCUT2D eigenvalue weighted by atomic mass is 16.5. The highest BCUT2D eigenvalue weighted by molar-refractivity contribution is 6.01. The molecule has 1 heterocycles. The Morgan fingerprint density at radius 1 is 1.32 bits per heavy atom. The van der Waals surface area contributed by atoms with E-state index in [0.717, 1.165) is 25.7 Å². The first-order chi connectivity index (χ1) is 10.5. The zero-order chi connectivity index (χ0) is 15.7. The van der Waals surface area contributed by atoms with Crippen LogP contribution in [0.4, 0.5) is 5.69 Å². The lowest BCUT2D eigenvalue weighted by Crippen LogP contribution is -2.34. The van der Waals surface area contributed by atoms with E-state index in [4.69, 9.17) is 10.5 Å². The van der Waals surface area contributed by atoms with Crippen LogP contribution in [0, 0.1) is 5.92 Å². The number of carbonyl (C=O) groups is 2. The molecule has 1 amide bonds. The summed E-state index contributed by atoms with van der Waals surface area (Å²) < 4.78 is 5.50. The summed E-state index contributed by atoms with van der Waals surface area (Å²) in [7, 11) is 0. The summed E-state index contributed by atoms with van der Waals surface area (Å²) in [6, 6.07) is 5.55. The molecular weight excluding hydrogens is 280 g/mol. The number of hydrogen-bond acceptors (Lipinski definition) is 4. The minimum Gasteiger partial charge on any atom is -0.479 e. The van der Waals surface area contributed by atoms with E-state index in [1.165, 1.54) is 0 Å². The minimum atomic E-state index is -0.500. The number of ether oxygens (including phenoxy) is 1. The molecule has 3 rings (SSSR count). The predicted octanol–water partition coefficient (Wildman–Crippen LogP) is 2.50. The second-order valence-corrected chi connectivity index (χ2v) is 6.37. The summed E-state index contributed by atoms with van der Waals surface area (Å²) >= 11 is 0. The zero-order valence-corrected chi connectivity index (χ0v) is 12.8. The van der Waals surface area contributed by atoms with Crippen LogP contribution < -0.4 is 15.8 Å². The molecule has 1 atom stereocenters. The number of fused-ring (bicyclic) bond motifs is 1. The van der Waals surface area contributed by atoms with Crippen LogP contribution in [0.3, 0.4) is 0 Å². The van der Waals surface area contributed by atoms with E-state index >= 15 is 0 Å². The Balaban J connectivity index is 1.68. The van der Waals surface area contributed by atoms with E-state index in [0.29, 0.717) is 35.4 Å². The van der Waals surface area contributed by atoms with E-state index in [-0.39, 0.29) is 11.7 Å². The van der Waals surface area contributed by atoms with E-state index in [1.807, 2.05) is 0 Å². The van der Waals surface area contributed by atoms with Gasteiger partial charge in [-0.15, -0.1) is 0 Å². The summed E-state index contributed by atoms with van der Waals surface area (Å²) in [5, 5.41) is 2.78. The van der Waals surface area contributed by atoms with Crippen LogP contribution in [0.25, 0.3) is 0 Å². The average molecular weight is 302 g/mol. The number of rotatable bonds is 3. The van der Waals surface area contributed by atoms with Crippen LogP contribution in [0.5, 0.6) is 5.75 Å². The SMILES string of the molecule is CC1Oc2ccc(C(=O)CC3CCC(N)CC3)cc2NC1=O. The molecule has 0 aromatic heterocycles. The van der Waals surface area contributed by atoms with E-state index in [1.54, 1.807) is 25.1 Å². The average Bonchev–Trinajstić information content (AvgIpc) is 2.50. The lowest BCUT2D eigenvalue weighted by atomic mass is 9.82. The third-order valence-corrected chi connectivity index (χ3v) is 4.60. The quantitative estimate of drug-likeness (QED) is 0.841. The van der Waals surface area contributed by atoms with Crippen molar-refractivity contribution in [2.45, 2.75) is 51.2 Å². The third-order valence-electron chi connectivity index (χ3n) is 4.60. The Morgan fingerprint density at radius 3 is 2.77 bits per heavy atom. The first-order valence-corrected chi connectivity index (χ1v) is 7.93. The van der Waals surface area contributed by atoms with E-state index in [2.05, 4.69) is 5.32 Å². The number of nitrogens with one attached hydrogen (secondary N) is 1. The van der Waals surface area contributed by atoms with Crippen molar-refractivity contribution in [3.05, 3.63) is 23.8 Å². The summed E-state index contributed by atoms with van der Waals surface area (Å²) in [4.78, 5) is 24.1.